The fourth-order valence-corrected chi connectivity index (χ4v) is 5.70. The van der Waals surface area contributed by atoms with Crippen molar-refractivity contribution in [1.29, 1.82) is 0 Å². The minimum absolute atomic E-state index is 0.0170. The molecule has 4 rings (SSSR count). The van der Waals surface area contributed by atoms with Gasteiger partial charge in [-0.15, -0.1) is 11.3 Å². The number of nitrogens with one attached hydrogen (secondary N) is 2. The first-order chi connectivity index (χ1) is 13.8. The highest BCUT2D eigenvalue weighted by molar-refractivity contribution is 7.16. The Bertz CT molecular complexity index is 929. The number of amides is 1. The molecule has 0 bridgehead atoms. The summed E-state index contributed by atoms with van der Waals surface area (Å²) in [6, 6.07) is 5.80. The molecule has 2 aromatic rings. The third-order valence-electron chi connectivity index (χ3n) is 6.09. The third kappa shape index (κ3) is 3.70. The molecule has 6 heteroatoms. The van der Waals surface area contributed by atoms with E-state index < -0.39 is 0 Å². The molecule has 1 aromatic carbocycles. The van der Waals surface area contributed by atoms with Gasteiger partial charge in [0.15, 0.2) is 11.5 Å². The molecule has 2 N–H and O–H groups in total. The first kappa shape index (κ1) is 20.1. The van der Waals surface area contributed by atoms with Crippen LogP contribution in [-0.4, -0.2) is 19.6 Å². The Labute approximate surface area is 176 Å². The van der Waals surface area contributed by atoms with Crippen LogP contribution in [0, 0.1) is 11.3 Å². The zero-order valence-electron chi connectivity index (χ0n) is 17.8. The van der Waals surface area contributed by atoms with Gasteiger partial charge in [0.2, 0.25) is 0 Å². The summed E-state index contributed by atoms with van der Waals surface area (Å²) in [4.78, 5) is 14.4. The Morgan fingerprint density at radius 1 is 1.21 bits per heavy atom. The fraction of sp³-hybridized carbons (Fsp3) is 0.522. The molecule has 5 nitrogen and oxygen atoms in total. The maximum atomic E-state index is 13.0. The predicted molar refractivity (Wildman–Crippen MR) is 117 cm³/mol. The summed E-state index contributed by atoms with van der Waals surface area (Å²) in [7, 11) is 1.63. The normalized spacial score (nSPS) is 20.9. The number of carbonyl (C=O) groups is 1. The Hall–Kier alpha value is -2.21. The van der Waals surface area contributed by atoms with Gasteiger partial charge >= 0.3 is 0 Å². The topological polar surface area (TPSA) is 59.6 Å². The fourth-order valence-electron chi connectivity index (χ4n) is 4.34. The molecule has 0 saturated heterocycles. The second-order valence-corrected chi connectivity index (χ2v) is 10.0. The van der Waals surface area contributed by atoms with E-state index in [4.69, 9.17) is 9.47 Å². The maximum Gasteiger partial charge on any atom is 0.256 e. The van der Waals surface area contributed by atoms with Crippen molar-refractivity contribution in [1.82, 2.24) is 5.32 Å². The number of hydrogen-bond donors (Lipinski definition) is 2. The van der Waals surface area contributed by atoms with Crippen LogP contribution in [-0.2, 0) is 12.8 Å². The Morgan fingerprint density at radius 2 is 2.00 bits per heavy atom. The Kier molecular flexibility index (Phi) is 5.23. The SMILES string of the molecule is CCOc1ccc([C@@H]2NC(=O)c3c(sc4c3CC[C@H](C(C)(C)C)C4)N2)cc1OC. The molecule has 0 fully saturated rings. The standard InChI is InChI=1S/C23H30N2O3S/c1-6-28-16-10-7-13(11-17(16)27-5)20-24-21(26)19-15-9-8-14(23(2,3)4)12-18(15)29-22(19)25-20/h7,10-11,14,20,25H,6,8-9,12H2,1-5H3,(H,24,26)/t14-,20+/m0/s1. The highest BCUT2D eigenvalue weighted by Gasteiger charge is 2.36. The highest BCUT2D eigenvalue weighted by atomic mass is 32.1. The van der Waals surface area contributed by atoms with Gasteiger partial charge in [-0.05, 0) is 60.8 Å². The smallest absolute Gasteiger partial charge is 0.256 e. The average molecular weight is 415 g/mol. The van der Waals surface area contributed by atoms with Crippen LogP contribution >= 0.6 is 11.3 Å². The lowest BCUT2D eigenvalue weighted by atomic mass is 9.72. The van der Waals surface area contributed by atoms with E-state index in [0.717, 1.165) is 35.4 Å². The van der Waals surface area contributed by atoms with Crippen LogP contribution < -0.4 is 20.1 Å². The molecule has 2 atom stereocenters. The lowest BCUT2D eigenvalue weighted by molar-refractivity contribution is 0.0934. The number of anilines is 1. The number of benzene rings is 1. The summed E-state index contributed by atoms with van der Waals surface area (Å²) < 4.78 is 11.1. The molecule has 0 spiro atoms. The van der Waals surface area contributed by atoms with Crippen molar-refractivity contribution in [2.45, 2.75) is 53.1 Å². The van der Waals surface area contributed by atoms with Crippen LogP contribution in [0.5, 0.6) is 11.5 Å². The zero-order valence-corrected chi connectivity index (χ0v) is 18.7. The molecule has 2 heterocycles. The third-order valence-corrected chi connectivity index (χ3v) is 7.27. The molecule has 1 amide bonds. The first-order valence-electron chi connectivity index (χ1n) is 10.3. The number of ether oxygens (including phenoxy) is 2. The summed E-state index contributed by atoms with van der Waals surface area (Å²) in [6.45, 7) is 9.47. The second kappa shape index (κ2) is 7.56. The van der Waals surface area contributed by atoms with E-state index in [9.17, 15) is 4.79 Å². The average Bonchev–Trinajstić information content (AvgIpc) is 3.06. The molecule has 0 saturated carbocycles. The van der Waals surface area contributed by atoms with Gasteiger partial charge in [0, 0.05) is 4.88 Å². The van der Waals surface area contributed by atoms with Crippen LogP contribution in [0.15, 0.2) is 18.2 Å². The lowest BCUT2D eigenvalue weighted by Crippen LogP contribution is -2.38. The zero-order chi connectivity index (χ0) is 20.8. The molecule has 2 aliphatic rings. The molecule has 29 heavy (non-hydrogen) atoms. The summed E-state index contributed by atoms with van der Waals surface area (Å²) in [5.41, 5.74) is 3.34. The number of thiophene rings is 1. The van der Waals surface area contributed by atoms with Crippen LogP contribution in [0.1, 0.15) is 66.6 Å². The largest absolute Gasteiger partial charge is 0.493 e. The van der Waals surface area contributed by atoms with Gasteiger partial charge in [0.05, 0.1) is 19.3 Å². The summed E-state index contributed by atoms with van der Waals surface area (Å²) in [5, 5.41) is 7.67. The summed E-state index contributed by atoms with van der Waals surface area (Å²) >= 11 is 1.75. The van der Waals surface area contributed by atoms with Crippen LogP contribution in [0.25, 0.3) is 0 Å². The molecule has 1 aliphatic carbocycles. The van der Waals surface area contributed by atoms with Crippen molar-refractivity contribution < 1.29 is 14.3 Å². The van der Waals surface area contributed by atoms with Crippen LogP contribution in [0.4, 0.5) is 5.00 Å². The number of rotatable bonds is 4. The van der Waals surface area contributed by atoms with E-state index in [1.807, 2.05) is 25.1 Å². The van der Waals surface area contributed by atoms with E-state index >= 15 is 0 Å². The van der Waals surface area contributed by atoms with Gasteiger partial charge in [0.1, 0.15) is 11.2 Å². The number of carbonyl (C=O) groups excluding carboxylic acids is 1. The van der Waals surface area contributed by atoms with Crippen molar-refractivity contribution >= 4 is 22.2 Å². The first-order valence-corrected chi connectivity index (χ1v) is 11.2. The molecular formula is C23H30N2O3S. The van der Waals surface area contributed by atoms with Gasteiger partial charge in [-0.2, -0.15) is 0 Å². The van der Waals surface area contributed by atoms with Crippen molar-refractivity contribution in [3.05, 3.63) is 39.8 Å². The molecule has 1 aliphatic heterocycles. The maximum absolute atomic E-state index is 13.0. The number of hydrogen-bond acceptors (Lipinski definition) is 5. The van der Waals surface area contributed by atoms with E-state index in [1.165, 1.54) is 10.4 Å². The van der Waals surface area contributed by atoms with Gasteiger partial charge in [0.25, 0.3) is 5.91 Å². The van der Waals surface area contributed by atoms with Gasteiger partial charge in [-0.25, -0.2) is 0 Å². The minimum atomic E-state index is -0.280. The molecule has 156 valence electrons. The number of fused-ring (bicyclic) bond motifs is 3. The monoisotopic (exact) mass is 414 g/mol. The van der Waals surface area contributed by atoms with E-state index in [1.54, 1.807) is 18.4 Å². The highest BCUT2D eigenvalue weighted by Crippen LogP contribution is 2.46. The Morgan fingerprint density at radius 3 is 2.69 bits per heavy atom. The summed E-state index contributed by atoms with van der Waals surface area (Å²) in [6.07, 6.45) is 2.91. The van der Waals surface area contributed by atoms with Crippen molar-refractivity contribution in [2.24, 2.45) is 11.3 Å². The Balaban J connectivity index is 1.62. The van der Waals surface area contributed by atoms with E-state index in [2.05, 4.69) is 31.4 Å². The van der Waals surface area contributed by atoms with Crippen LogP contribution in [0.3, 0.4) is 0 Å². The summed E-state index contributed by atoms with van der Waals surface area (Å²) in [5.74, 6) is 2.05. The van der Waals surface area contributed by atoms with Crippen molar-refractivity contribution in [2.75, 3.05) is 19.0 Å². The van der Waals surface area contributed by atoms with E-state index in [-0.39, 0.29) is 12.1 Å². The molecule has 1 aromatic heterocycles. The van der Waals surface area contributed by atoms with Crippen molar-refractivity contribution in [3.63, 3.8) is 0 Å². The molecular weight excluding hydrogens is 384 g/mol. The molecule has 0 radical (unpaired) electrons. The van der Waals surface area contributed by atoms with Gasteiger partial charge < -0.3 is 20.1 Å². The quantitative estimate of drug-likeness (QED) is 0.725. The van der Waals surface area contributed by atoms with Crippen molar-refractivity contribution in [3.8, 4) is 11.5 Å². The lowest BCUT2D eigenvalue weighted by Gasteiger charge is -2.34. The number of methoxy groups -OCH3 is 1. The predicted octanol–water partition coefficient (Wildman–Crippen LogP) is 5.16. The van der Waals surface area contributed by atoms with Crippen LogP contribution in [0.2, 0.25) is 0 Å². The minimum Gasteiger partial charge on any atom is -0.493 e. The second-order valence-electron chi connectivity index (χ2n) is 8.91. The van der Waals surface area contributed by atoms with Gasteiger partial charge in [-0.1, -0.05) is 26.8 Å². The van der Waals surface area contributed by atoms with Gasteiger partial charge in [-0.3, -0.25) is 4.79 Å². The molecule has 0 unspecified atom stereocenters. The van der Waals surface area contributed by atoms with E-state index in [0.29, 0.717) is 29.4 Å².